The van der Waals surface area contributed by atoms with E-state index in [1.54, 1.807) is 25.7 Å². The maximum Gasteiger partial charge on any atom is 0.0334 e. The molecular weight excluding hydrogens is 220 g/mol. The lowest BCUT2D eigenvalue weighted by molar-refractivity contribution is 0.0398. The Kier molecular flexibility index (Phi) is 2.92. The van der Waals surface area contributed by atoms with Crippen molar-refractivity contribution in [3.05, 3.63) is 0 Å². The van der Waals surface area contributed by atoms with Crippen LogP contribution in [0.25, 0.3) is 0 Å². The van der Waals surface area contributed by atoms with Crippen LogP contribution < -0.4 is 5.32 Å². The van der Waals surface area contributed by atoms with Gasteiger partial charge in [0.2, 0.25) is 0 Å². The summed E-state index contributed by atoms with van der Waals surface area (Å²) in [6.45, 7) is 5.24. The third-order valence-corrected chi connectivity index (χ3v) is 6.56. The van der Waals surface area contributed by atoms with Crippen LogP contribution in [0.2, 0.25) is 0 Å². The molecule has 1 aliphatic heterocycles. The van der Waals surface area contributed by atoms with Gasteiger partial charge in [-0.3, -0.25) is 4.90 Å². The van der Waals surface area contributed by atoms with Crippen molar-refractivity contribution in [3.8, 4) is 0 Å². The summed E-state index contributed by atoms with van der Waals surface area (Å²) in [6, 6.07) is 0. The second-order valence-corrected chi connectivity index (χ2v) is 7.49. The van der Waals surface area contributed by atoms with Crippen molar-refractivity contribution in [2.45, 2.75) is 56.9 Å². The van der Waals surface area contributed by atoms with Crippen molar-refractivity contribution in [1.29, 1.82) is 0 Å². The predicted octanol–water partition coefficient (Wildman–Crippen LogP) is 2.64. The van der Waals surface area contributed by atoms with Gasteiger partial charge in [0.25, 0.3) is 0 Å². The molecule has 0 aromatic carbocycles. The smallest absolute Gasteiger partial charge is 0.0334 e. The van der Waals surface area contributed by atoms with Gasteiger partial charge >= 0.3 is 0 Å². The summed E-state index contributed by atoms with van der Waals surface area (Å²) < 4.78 is 0. The van der Waals surface area contributed by atoms with Crippen molar-refractivity contribution in [2.75, 3.05) is 26.2 Å². The van der Waals surface area contributed by atoms with Crippen molar-refractivity contribution in [1.82, 2.24) is 10.2 Å². The van der Waals surface area contributed by atoms with Gasteiger partial charge in [0, 0.05) is 31.7 Å². The molecule has 1 saturated heterocycles. The summed E-state index contributed by atoms with van der Waals surface area (Å²) in [5.41, 5.74) is 0.570. The first-order valence-corrected chi connectivity index (χ1v) is 8.31. The van der Waals surface area contributed by atoms with E-state index in [-0.39, 0.29) is 0 Å². The van der Waals surface area contributed by atoms with Crippen LogP contribution in [0, 0.1) is 17.8 Å². The van der Waals surface area contributed by atoms with E-state index >= 15 is 0 Å². The zero-order valence-corrected chi connectivity index (χ0v) is 11.7. The highest BCUT2D eigenvalue weighted by molar-refractivity contribution is 5.01. The van der Waals surface area contributed by atoms with Crippen LogP contribution in [-0.4, -0.2) is 36.6 Å². The van der Waals surface area contributed by atoms with E-state index in [9.17, 15) is 0 Å². The third-order valence-electron chi connectivity index (χ3n) is 6.56. The zero-order valence-electron chi connectivity index (χ0n) is 11.7. The quantitative estimate of drug-likeness (QED) is 0.808. The summed E-state index contributed by atoms with van der Waals surface area (Å²) in [5, 5.41) is 3.66. The third kappa shape index (κ3) is 1.84. The number of nitrogens with zero attached hydrogens (tertiary/aromatic N) is 1. The van der Waals surface area contributed by atoms with E-state index in [2.05, 4.69) is 10.2 Å². The first-order valence-electron chi connectivity index (χ1n) is 8.31. The number of fused-ring (bicyclic) bond motifs is 2. The maximum absolute atomic E-state index is 3.66. The van der Waals surface area contributed by atoms with Gasteiger partial charge in [0.05, 0.1) is 0 Å². The number of nitrogens with one attached hydrogen (secondary N) is 1. The molecule has 1 spiro atoms. The molecule has 3 aliphatic carbocycles. The Morgan fingerprint density at radius 2 is 2.00 bits per heavy atom. The van der Waals surface area contributed by atoms with Crippen molar-refractivity contribution >= 4 is 0 Å². The van der Waals surface area contributed by atoms with Gasteiger partial charge in [0.1, 0.15) is 0 Å². The standard InChI is InChI=1S/C16H28N2/c1-2-6-16(5-1)12-17-7-8-18(16)11-15-10-13-3-4-14(15)9-13/h13-15,17H,1-12H2. The summed E-state index contributed by atoms with van der Waals surface area (Å²) in [4.78, 5) is 2.92. The molecular formula is C16H28N2. The zero-order chi connectivity index (χ0) is 12.0. The topological polar surface area (TPSA) is 15.3 Å². The molecule has 4 fully saturated rings. The molecule has 18 heavy (non-hydrogen) atoms. The molecule has 1 heterocycles. The van der Waals surface area contributed by atoms with Crippen LogP contribution in [0.5, 0.6) is 0 Å². The number of rotatable bonds is 2. The van der Waals surface area contributed by atoms with Crippen LogP contribution >= 0.6 is 0 Å². The molecule has 3 saturated carbocycles. The predicted molar refractivity (Wildman–Crippen MR) is 74.6 cm³/mol. The molecule has 0 aromatic rings. The number of piperazine rings is 1. The molecule has 2 nitrogen and oxygen atoms in total. The van der Waals surface area contributed by atoms with E-state index < -0.39 is 0 Å². The minimum absolute atomic E-state index is 0.570. The molecule has 2 heteroatoms. The van der Waals surface area contributed by atoms with E-state index in [1.165, 1.54) is 51.9 Å². The Balaban J connectivity index is 1.46. The van der Waals surface area contributed by atoms with Crippen molar-refractivity contribution in [2.24, 2.45) is 17.8 Å². The molecule has 3 atom stereocenters. The average molecular weight is 248 g/mol. The highest BCUT2D eigenvalue weighted by Crippen LogP contribution is 2.49. The molecule has 3 unspecified atom stereocenters. The summed E-state index contributed by atoms with van der Waals surface area (Å²) in [7, 11) is 0. The van der Waals surface area contributed by atoms with Crippen molar-refractivity contribution < 1.29 is 0 Å². The highest BCUT2D eigenvalue weighted by atomic mass is 15.3. The Morgan fingerprint density at radius 1 is 1.11 bits per heavy atom. The minimum Gasteiger partial charge on any atom is -0.314 e. The second-order valence-electron chi connectivity index (χ2n) is 7.49. The van der Waals surface area contributed by atoms with Crippen LogP contribution in [0.15, 0.2) is 0 Å². The minimum atomic E-state index is 0.570. The normalized spacial score (nSPS) is 43.0. The largest absolute Gasteiger partial charge is 0.314 e. The Morgan fingerprint density at radius 3 is 2.72 bits per heavy atom. The first kappa shape index (κ1) is 11.7. The van der Waals surface area contributed by atoms with E-state index in [4.69, 9.17) is 0 Å². The fourth-order valence-electron chi connectivity index (χ4n) is 5.58. The lowest BCUT2D eigenvalue weighted by atomic mass is 9.85. The molecule has 0 amide bonds. The van der Waals surface area contributed by atoms with E-state index in [0.717, 1.165) is 17.8 Å². The van der Waals surface area contributed by atoms with Crippen molar-refractivity contribution in [3.63, 3.8) is 0 Å². The first-order chi connectivity index (χ1) is 8.86. The van der Waals surface area contributed by atoms with Crippen LogP contribution in [0.1, 0.15) is 51.4 Å². The van der Waals surface area contributed by atoms with Crippen LogP contribution in [0.4, 0.5) is 0 Å². The van der Waals surface area contributed by atoms with Crippen LogP contribution in [-0.2, 0) is 0 Å². The van der Waals surface area contributed by atoms with Gasteiger partial charge in [-0.05, 0) is 49.9 Å². The van der Waals surface area contributed by atoms with Crippen LogP contribution in [0.3, 0.4) is 0 Å². The number of hydrogen-bond acceptors (Lipinski definition) is 2. The van der Waals surface area contributed by atoms with E-state index in [0.29, 0.717) is 5.54 Å². The molecule has 1 N–H and O–H groups in total. The van der Waals surface area contributed by atoms with Gasteiger partial charge in [-0.1, -0.05) is 19.3 Å². The lowest BCUT2D eigenvalue weighted by Gasteiger charge is -2.47. The SMILES string of the molecule is C1CCC2(C1)CNCCN2CC1CC2CCC1C2. The second kappa shape index (κ2) is 4.49. The highest BCUT2D eigenvalue weighted by Gasteiger charge is 2.45. The molecule has 2 bridgehead atoms. The van der Waals surface area contributed by atoms with Gasteiger partial charge in [-0.25, -0.2) is 0 Å². The van der Waals surface area contributed by atoms with E-state index in [1.807, 2.05) is 0 Å². The lowest BCUT2D eigenvalue weighted by Crippen LogP contribution is -2.61. The summed E-state index contributed by atoms with van der Waals surface area (Å²) in [6.07, 6.45) is 12.1. The summed E-state index contributed by atoms with van der Waals surface area (Å²) >= 11 is 0. The Labute approximate surface area is 111 Å². The summed E-state index contributed by atoms with van der Waals surface area (Å²) in [5.74, 6) is 3.27. The molecule has 0 radical (unpaired) electrons. The van der Waals surface area contributed by atoms with Gasteiger partial charge < -0.3 is 5.32 Å². The van der Waals surface area contributed by atoms with Gasteiger partial charge in [-0.2, -0.15) is 0 Å². The maximum atomic E-state index is 3.66. The molecule has 102 valence electrons. The molecule has 0 aromatic heterocycles. The monoisotopic (exact) mass is 248 g/mol. The fraction of sp³-hybridized carbons (Fsp3) is 1.00. The Hall–Kier alpha value is -0.0800. The Bertz CT molecular complexity index is 308. The van der Waals surface area contributed by atoms with Gasteiger partial charge in [-0.15, -0.1) is 0 Å². The molecule has 4 aliphatic rings. The fourth-order valence-corrected chi connectivity index (χ4v) is 5.58. The molecule has 4 rings (SSSR count). The average Bonchev–Trinajstić information content (AvgIpc) is 3.09. The van der Waals surface area contributed by atoms with Gasteiger partial charge in [0.15, 0.2) is 0 Å². The number of hydrogen-bond donors (Lipinski definition) is 1.